The summed E-state index contributed by atoms with van der Waals surface area (Å²) >= 11 is 0. The number of rotatable bonds is 8. The highest BCUT2D eigenvalue weighted by Gasteiger charge is 2.21. The number of aromatic amines is 1. The molecule has 0 aliphatic rings. The first kappa shape index (κ1) is 28.7. The molecule has 0 radical (unpaired) electrons. The minimum absolute atomic E-state index is 0.177. The number of carbonyl (C=O) groups is 2. The number of H-pyrrole nitrogens is 1. The average Bonchev–Trinajstić information content (AvgIpc) is 2.82. The molecule has 1 aromatic heterocycles. The number of fused-ring (bicyclic) bond motifs is 1. The quantitative estimate of drug-likeness (QED) is 0.433. The van der Waals surface area contributed by atoms with Crippen LogP contribution in [-0.4, -0.2) is 45.3 Å². The third-order valence-electron chi connectivity index (χ3n) is 5.94. The van der Waals surface area contributed by atoms with Gasteiger partial charge in [0.25, 0.3) is 5.56 Å². The van der Waals surface area contributed by atoms with Crippen molar-refractivity contribution >= 4 is 23.0 Å². The van der Waals surface area contributed by atoms with E-state index in [1.165, 1.54) is 4.90 Å². The normalized spacial score (nSPS) is 12.4. The van der Waals surface area contributed by atoms with E-state index in [0.717, 1.165) is 15.7 Å². The highest BCUT2D eigenvalue weighted by molar-refractivity contribution is 5.78. The molecule has 9 nitrogen and oxygen atoms in total. The van der Waals surface area contributed by atoms with E-state index in [1.807, 2.05) is 32.9 Å². The van der Waals surface area contributed by atoms with Crippen molar-refractivity contribution in [2.24, 2.45) is 5.92 Å². The molecule has 3 aromatic rings. The Bertz CT molecular complexity index is 1410. The summed E-state index contributed by atoms with van der Waals surface area (Å²) < 4.78 is 11.8. The first-order valence-corrected chi connectivity index (χ1v) is 12.8. The third kappa shape index (κ3) is 7.12. The summed E-state index contributed by atoms with van der Waals surface area (Å²) in [6, 6.07) is 12.1. The predicted molar refractivity (Wildman–Crippen MR) is 147 cm³/mol. The Morgan fingerprint density at radius 3 is 2.24 bits per heavy atom. The van der Waals surface area contributed by atoms with Crippen molar-refractivity contribution in [3.63, 3.8) is 0 Å². The van der Waals surface area contributed by atoms with Crippen molar-refractivity contribution in [1.29, 1.82) is 0 Å². The van der Waals surface area contributed by atoms with Crippen molar-refractivity contribution in [2.45, 2.75) is 72.6 Å². The first-order valence-electron chi connectivity index (χ1n) is 12.8. The molecule has 9 heteroatoms. The zero-order valence-corrected chi connectivity index (χ0v) is 23.2. The van der Waals surface area contributed by atoms with Gasteiger partial charge in [-0.3, -0.25) is 9.59 Å². The molecule has 1 N–H and O–H groups in total. The van der Waals surface area contributed by atoms with Crippen LogP contribution < -0.4 is 11.2 Å². The van der Waals surface area contributed by atoms with Gasteiger partial charge in [-0.1, -0.05) is 25.1 Å². The number of nitrogens with zero attached hydrogens (tertiary/aromatic N) is 2. The summed E-state index contributed by atoms with van der Waals surface area (Å²) in [4.78, 5) is 55.1. The van der Waals surface area contributed by atoms with Crippen molar-refractivity contribution in [2.75, 3.05) is 7.05 Å². The molecule has 1 amide bonds. The molecule has 0 bridgehead atoms. The second-order valence-corrected chi connectivity index (χ2v) is 10.7. The molecule has 204 valence electrons. The highest BCUT2D eigenvalue weighted by atomic mass is 16.6. The fourth-order valence-electron chi connectivity index (χ4n) is 4.06. The number of amides is 1. The predicted octanol–water partition coefficient (Wildman–Crippen LogP) is 4.57. The number of esters is 1. The fourth-order valence-corrected chi connectivity index (χ4v) is 4.06. The summed E-state index contributed by atoms with van der Waals surface area (Å²) in [5.74, 6) is -0.505. The molecule has 1 unspecified atom stereocenters. The van der Waals surface area contributed by atoms with Crippen LogP contribution in [0.3, 0.4) is 0 Å². The summed E-state index contributed by atoms with van der Waals surface area (Å²) in [7, 11) is 1.62. The van der Waals surface area contributed by atoms with Gasteiger partial charge in [0.2, 0.25) is 0 Å². The first-order chi connectivity index (χ1) is 17.8. The molecule has 1 heterocycles. The van der Waals surface area contributed by atoms with Crippen molar-refractivity contribution < 1.29 is 19.1 Å². The lowest BCUT2D eigenvalue weighted by molar-refractivity contribution is -0.152. The highest BCUT2D eigenvalue weighted by Crippen LogP contribution is 2.18. The van der Waals surface area contributed by atoms with E-state index in [4.69, 9.17) is 9.47 Å². The number of hydrogen-bond donors (Lipinski definition) is 1. The molecule has 0 fully saturated rings. The molecule has 3 rings (SSSR count). The van der Waals surface area contributed by atoms with E-state index in [9.17, 15) is 19.2 Å². The number of aromatic nitrogens is 2. The van der Waals surface area contributed by atoms with Gasteiger partial charge in [0.05, 0.1) is 28.6 Å². The van der Waals surface area contributed by atoms with Gasteiger partial charge >= 0.3 is 17.8 Å². The number of hydrogen-bond acceptors (Lipinski definition) is 6. The number of benzene rings is 2. The summed E-state index contributed by atoms with van der Waals surface area (Å²) in [5, 5.41) is 0.325. The van der Waals surface area contributed by atoms with Crippen LogP contribution in [0.4, 0.5) is 4.79 Å². The Labute approximate surface area is 222 Å². The maximum Gasteiger partial charge on any atom is 0.410 e. The van der Waals surface area contributed by atoms with E-state index in [0.29, 0.717) is 29.4 Å². The van der Waals surface area contributed by atoms with Crippen LogP contribution in [-0.2, 0) is 27.2 Å². The van der Waals surface area contributed by atoms with Gasteiger partial charge in [-0.05, 0) is 82.9 Å². The van der Waals surface area contributed by atoms with E-state index in [1.54, 1.807) is 58.2 Å². The SMILES string of the molecule is CCC(Cc1ccc(-n2c(=O)[nH]c3ccc(CN(C)C(=O)OC(C)(C)C)cc3c2=O)cc1)C(=O)OC(C)C. The molecule has 1 atom stereocenters. The number of carbonyl (C=O) groups excluding carboxylic acids is 2. The van der Waals surface area contributed by atoms with E-state index in [-0.39, 0.29) is 24.5 Å². The molecule has 0 spiro atoms. The Morgan fingerprint density at radius 1 is 1.03 bits per heavy atom. The number of nitrogens with one attached hydrogen (secondary N) is 1. The maximum atomic E-state index is 13.4. The van der Waals surface area contributed by atoms with Crippen LogP contribution in [0.15, 0.2) is 52.1 Å². The Kier molecular flexibility index (Phi) is 8.81. The third-order valence-corrected chi connectivity index (χ3v) is 5.94. The lowest BCUT2D eigenvalue weighted by Gasteiger charge is -2.24. The van der Waals surface area contributed by atoms with Gasteiger partial charge in [-0.25, -0.2) is 14.2 Å². The molecule has 38 heavy (non-hydrogen) atoms. The molecule has 0 aliphatic carbocycles. The van der Waals surface area contributed by atoms with Crippen LogP contribution in [0, 0.1) is 5.92 Å². The van der Waals surface area contributed by atoms with Crippen LogP contribution in [0.5, 0.6) is 0 Å². The minimum Gasteiger partial charge on any atom is -0.463 e. The van der Waals surface area contributed by atoms with Crippen LogP contribution in [0.1, 0.15) is 59.1 Å². The second kappa shape index (κ2) is 11.7. The monoisotopic (exact) mass is 523 g/mol. The van der Waals surface area contributed by atoms with Crippen LogP contribution in [0.2, 0.25) is 0 Å². The van der Waals surface area contributed by atoms with Crippen LogP contribution >= 0.6 is 0 Å². The Morgan fingerprint density at radius 2 is 1.66 bits per heavy atom. The zero-order valence-electron chi connectivity index (χ0n) is 23.2. The van der Waals surface area contributed by atoms with Gasteiger partial charge < -0.3 is 19.4 Å². The smallest absolute Gasteiger partial charge is 0.410 e. The van der Waals surface area contributed by atoms with E-state index in [2.05, 4.69) is 4.98 Å². The molecule has 0 saturated heterocycles. The van der Waals surface area contributed by atoms with E-state index >= 15 is 0 Å². The van der Waals surface area contributed by atoms with Gasteiger partial charge in [-0.15, -0.1) is 0 Å². The standard InChI is InChI=1S/C29H37N3O6/c1-8-21(26(34)37-18(2)3)15-19-9-12-22(13-10-19)32-25(33)23-16-20(11-14-24(23)30-27(32)35)17-31(7)28(36)38-29(4,5)6/h9-14,16,18,21H,8,15,17H2,1-7H3,(H,30,35). The van der Waals surface area contributed by atoms with Crippen molar-refractivity contribution in [1.82, 2.24) is 14.5 Å². The Balaban J connectivity index is 1.87. The Hall–Kier alpha value is -3.88. The molecule has 0 aliphatic heterocycles. The van der Waals surface area contributed by atoms with Gasteiger partial charge in [0, 0.05) is 13.6 Å². The minimum atomic E-state index is -0.619. The van der Waals surface area contributed by atoms with Gasteiger partial charge in [0.1, 0.15) is 5.60 Å². The summed E-state index contributed by atoms with van der Waals surface area (Å²) in [5.41, 5.74) is 0.801. The lowest BCUT2D eigenvalue weighted by Crippen LogP contribution is -2.34. The molecule has 0 saturated carbocycles. The van der Waals surface area contributed by atoms with Gasteiger partial charge in [0.15, 0.2) is 0 Å². The van der Waals surface area contributed by atoms with Crippen LogP contribution in [0.25, 0.3) is 16.6 Å². The average molecular weight is 524 g/mol. The van der Waals surface area contributed by atoms with Crippen molar-refractivity contribution in [3.8, 4) is 5.69 Å². The molecular weight excluding hydrogens is 486 g/mol. The van der Waals surface area contributed by atoms with E-state index < -0.39 is 22.9 Å². The fraction of sp³-hybridized carbons (Fsp3) is 0.448. The topological polar surface area (TPSA) is 111 Å². The molecule has 2 aromatic carbocycles. The number of ether oxygens (including phenoxy) is 2. The second-order valence-electron chi connectivity index (χ2n) is 10.7. The van der Waals surface area contributed by atoms with Gasteiger partial charge in [-0.2, -0.15) is 0 Å². The summed E-state index contributed by atoms with van der Waals surface area (Å²) in [6.45, 7) is 11.2. The lowest BCUT2D eigenvalue weighted by atomic mass is 9.97. The zero-order chi connectivity index (χ0) is 28.2. The molecular formula is C29H37N3O6. The summed E-state index contributed by atoms with van der Waals surface area (Å²) in [6.07, 6.45) is 0.491. The largest absolute Gasteiger partial charge is 0.463 e. The van der Waals surface area contributed by atoms with Crippen molar-refractivity contribution in [3.05, 3.63) is 74.4 Å². The maximum absolute atomic E-state index is 13.4.